The molecule has 23 heavy (non-hydrogen) atoms. The Balaban J connectivity index is 1.91. The van der Waals surface area contributed by atoms with E-state index in [1.807, 2.05) is 26.0 Å². The number of benzene rings is 2. The minimum atomic E-state index is 0.0431. The molecule has 2 aromatic rings. The van der Waals surface area contributed by atoms with Crippen molar-refractivity contribution in [3.05, 3.63) is 58.7 Å². The highest BCUT2D eigenvalue weighted by Gasteiger charge is 2.08. The summed E-state index contributed by atoms with van der Waals surface area (Å²) in [6.07, 6.45) is 1.43. The molecule has 0 aromatic heterocycles. The number of amides is 1. The number of anilines is 2. The van der Waals surface area contributed by atoms with Gasteiger partial charge in [0.25, 0.3) is 0 Å². The van der Waals surface area contributed by atoms with Gasteiger partial charge in [0.2, 0.25) is 5.91 Å². The molecule has 3 heteroatoms. The molecule has 2 aromatic carbocycles. The van der Waals surface area contributed by atoms with E-state index in [0.29, 0.717) is 13.0 Å². The fourth-order valence-electron chi connectivity index (χ4n) is 2.89. The molecule has 3 nitrogen and oxygen atoms in total. The third-order valence-electron chi connectivity index (χ3n) is 4.01. The third kappa shape index (κ3) is 4.59. The monoisotopic (exact) mass is 310 g/mol. The summed E-state index contributed by atoms with van der Waals surface area (Å²) in [5, 5.41) is 6.40. The van der Waals surface area contributed by atoms with Crippen LogP contribution in [-0.2, 0) is 11.2 Å². The molecule has 122 valence electrons. The third-order valence-corrected chi connectivity index (χ3v) is 4.01. The zero-order chi connectivity index (χ0) is 16.8. The second-order valence-electron chi connectivity index (χ2n) is 6.01. The van der Waals surface area contributed by atoms with Gasteiger partial charge in [0.1, 0.15) is 0 Å². The first kappa shape index (κ1) is 17.1. The normalized spacial score (nSPS) is 10.4. The van der Waals surface area contributed by atoms with Crippen molar-refractivity contribution in [3.63, 3.8) is 0 Å². The largest absolute Gasteiger partial charge is 0.384 e. The average molecular weight is 310 g/mol. The van der Waals surface area contributed by atoms with Crippen molar-refractivity contribution in [1.82, 2.24) is 0 Å². The minimum absolute atomic E-state index is 0.0431. The van der Waals surface area contributed by atoms with E-state index >= 15 is 0 Å². The first-order valence-corrected chi connectivity index (χ1v) is 8.20. The number of nitrogens with one attached hydrogen (secondary N) is 2. The van der Waals surface area contributed by atoms with Crippen LogP contribution in [0.2, 0.25) is 0 Å². The SMILES string of the molecule is CCc1ccccc1NCCC(=O)Nc1c(C)cc(C)cc1C. The van der Waals surface area contributed by atoms with Crippen molar-refractivity contribution >= 4 is 17.3 Å². The van der Waals surface area contributed by atoms with E-state index in [0.717, 1.165) is 28.9 Å². The smallest absolute Gasteiger partial charge is 0.226 e. The predicted octanol–water partition coefficient (Wildman–Crippen LogP) is 4.61. The van der Waals surface area contributed by atoms with Gasteiger partial charge in [-0.1, -0.05) is 42.8 Å². The number of carbonyl (C=O) groups excluding carboxylic acids is 1. The summed E-state index contributed by atoms with van der Waals surface area (Å²) in [6, 6.07) is 12.4. The fraction of sp³-hybridized carbons (Fsp3) is 0.350. The predicted molar refractivity (Wildman–Crippen MR) is 98.2 cm³/mol. The second kappa shape index (κ2) is 7.82. The number of carbonyl (C=O) groups is 1. The van der Waals surface area contributed by atoms with Crippen molar-refractivity contribution < 1.29 is 4.79 Å². The zero-order valence-corrected chi connectivity index (χ0v) is 14.5. The Hall–Kier alpha value is -2.29. The minimum Gasteiger partial charge on any atom is -0.384 e. The molecule has 0 fully saturated rings. The fourth-order valence-corrected chi connectivity index (χ4v) is 2.89. The summed E-state index contributed by atoms with van der Waals surface area (Å²) in [5.74, 6) is 0.0431. The Morgan fingerprint density at radius 3 is 2.35 bits per heavy atom. The molecule has 0 saturated heterocycles. The van der Waals surface area contributed by atoms with Crippen LogP contribution in [0.25, 0.3) is 0 Å². The summed E-state index contributed by atoms with van der Waals surface area (Å²) < 4.78 is 0. The summed E-state index contributed by atoms with van der Waals surface area (Å²) >= 11 is 0. The van der Waals surface area contributed by atoms with Crippen LogP contribution in [0.1, 0.15) is 35.6 Å². The Labute approximate surface area is 139 Å². The highest BCUT2D eigenvalue weighted by atomic mass is 16.1. The maximum absolute atomic E-state index is 12.2. The van der Waals surface area contributed by atoms with Crippen LogP contribution >= 0.6 is 0 Å². The molecular formula is C20H26N2O. The van der Waals surface area contributed by atoms with Gasteiger partial charge >= 0.3 is 0 Å². The lowest BCUT2D eigenvalue weighted by Gasteiger charge is -2.14. The van der Waals surface area contributed by atoms with Gasteiger partial charge in [-0.15, -0.1) is 0 Å². The van der Waals surface area contributed by atoms with Crippen LogP contribution in [0, 0.1) is 20.8 Å². The van der Waals surface area contributed by atoms with E-state index in [-0.39, 0.29) is 5.91 Å². The van der Waals surface area contributed by atoms with Crippen LogP contribution in [0.3, 0.4) is 0 Å². The van der Waals surface area contributed by atoms with Gasteiger partial charge in [-0.3, -0.25) is 4.79 Å². The zero-order valence-electron chi connectivity index (χ0n) is 14.5. The van der Waals surface area contributed by atoms with Gasteiger partial charge in [0.15, 0.2) is 0 Å². The highest BCUT2D eigenvalue weighted by Crippen LogP contribution is 2.22. The van der Waals surface area contributed by atoms with Crippen LogP contribution in [-0.4, -0.2) is 12.5 Å². The molecule has 0 aliphatic rings. The van der Waals surface area contributed by atoms with Gasteiger partial charge in [0, 0.05) is 24.3 Å². The second-order valence-corrected chi connectivity index (χ2v) is 6.01. The molecule has 0 spiro atoms. The topological polar surface area (TPSA) is 41.1 Å². The Morgan fingerprint density at radius 1 is 1.04 bits per heavy atom. The number of hydrogen-bond donors (Lipinski definition) is 2. The van der Waals surface area contributed by atoms with Gasteiger partial charge in [0.05, 0.1) is 0 Å². The number of rotatable bonds is 6. The van der Waals surface area contributed by atoms with E-state index in [9.17, 15) is 4.79 Å². The molecule has 2 rings (SSSR count). The van der Waals surface area contributed by atoms with Gasteiger partial charge in [-0.25, -0.2) is 0 Å². The highest BCUT2D eigenvalue weighted by molar-refractivity contribution is 5.92. The van der Waals surface area contributed by atoms with E-state index in [4.69, 9.17) is 0 Å². The Bertz CT molecular complexity index is 669. The molecule has 2 N–H and O–H groups in total. The summed E-state index contributed by atoms with van der Waals surface area (Å²) in [7, 11) is 0. The van der Waals surface area contributed by atoms with Crippen molar-refractivity contribution in [3.8, 4) is 0 Å². The van der Waals surface area contributed by atoms with Crippen LogP contribution in [0.5, 0.6) is 0 Å². The quantitative estimate of drug-likeness (QED) is 0.817. The molecule has 0 aliphatic heterocycles. The first-order chi connectivity index (χ1) is 11.0. The van der Waals surface area contributed by atoms with Crippen LogP contribution in [0.15, 0.2) is 36.4 Å². The maximum atomic E-state index is 12.2. The molecule has 0 bridgehead atoms. The molecule has 0 heterocycles. The number of para-hydroxylation sites is 1. The molecule has 1 amide bonds. The van der Waals surface area contributed by atoms with Crippen molar-refractivity contribution in [2.45, 2.75) is 40.5 Å². The molecule has 0 radical (unpaired) electrons. The van der Waals surface area contributed by atoms with Gasteiger partial charge in [-0.05, 0) is 49.9 Å². The number of aryl methyl sites for hydroxylation is 4. The Kier molecular flexibility index (Phi) is 5.80. The van der Waals surface area contributed by atoms with Gasteiger partial charge in [-0.2, -0.15) is 0 Å². The maximum Gasteiger partial charge on any atom is 0.226 e. The lowest BCUT2D eigenvalue weighted by molar-refractivity contribution is -0.115. The first-order valence-electron chi connectivity index (χ1n) is 8.20. The average Bonchev–Trinajstić information content (AvgIpc) is 2.51. The molecule has 0 aliphatic carbocycles. The van der Waals surface area contributed by atoms with E-state index in [1.54, 1.807) is 0 Å². The number of hydrogen-bond acceptors (Lipinski definition) is 2. The van der Waals surface area contributed by atoms with Crippen molar-refractivity contribution in [1.29, 1.82) is 0 Å². The van der Waals surface area contributed by atoms with E-state index in [2.05, 4.69) is 48.7 Å². The standard InChI is InChI=1S/C20H26N2O/c1-5-17-8-6-7-9-18(17)21-11-10-19(23)22-20-15(3)12-14(2)13-16(20)4/h6-9,12-13,21H,5,10-11H2,1-4H3,(H,22,23). The summed E-state index contributed by atoms with van der Waals surface area (Å²) in [5.41, 5.74) is 6.77. The van der Waals surface area contributed by atoms with Crippen LogP contribution < -0.4 is 10.6 Å². The molecule has 0 saturated carbocycles. The van der Waals surface area contributed by atoms with Crippen molar-refractivity contribution in [2.75, 3.05) is 17.2 Å². The molecule has 0 atom stereocenters. The lowest BCUT2D eigenvalue weighted by atomic mass is 10.0. The van der Waals surface area contributed by atoms with E-state index < -0.39 is 0 Å². The van der Waals surface area contributed by atoms with E-state index in [1.165, 1.54) is 11.1 Å². The van der Waals surface area contributed by atoms with Crippen molar-refractivity contribution in [2.24, 2.45) is 0 Å². The molecule has 0 unspecified atom stereocenters. The van der Waals surface area contributed by atoms with Crippen LogP contribution in [0.4, 0.5) is 11.4 Å². The lowest BCUT2D eigenvalue weighted by Crippen LogP contribution is -2.18. The molecular weight excluding hydrogens is 284 g/mol. The van der Waals surface area contributed by atoms with Gasteiger partial charge < -0.3 is 10.6 Å². The Morgan fingerprint density at radius 2 is 1.70 bits per heavy atom. The summed E-state index contributed by atoms with van der Waals surface area (Å²) in [4.78, 5) is 12.2. The summed E-state index contributed by atoms with van der Waals surface area (Å²) in [6.45, 7) is 8.90.